The molecule has 0 fully saturated rings. The largest absolute Gasteiger partial charge is 0.399 e. The second-order valence-corrected chi connectivity index (χ2v) is 3.01. The summed E-state index contributed by atoms with van der Waals surface area (Å²) in [6.07, 6.45) is -0.149. The molecule has 1 rings (SSSR count). The molecule has 0 aromatic heterocycles. The summed E-state index contributed by atoms with van der Waals surface area (Å²) in [6.45, 7) is 0.431. The van der Waals surface area contributed by atoms with Crippen LogP contribution in [0.1, 0.15) is 0 Å². The number of nitrogens with zero attached hydrogens (tertiary/aromatic N) is 1. The predicted octanol–water partition coefficient (Wildman–Crippen LogP) is -0.0515. The summed E-state index contributed by atoms with van der Waals surface area (Å²) in [4.78, 5) is 1.92. The van der Waals surface area contributed by atoms with Crippen LogP contribution >= 0.6 is 0 Å². The highest BCUT2D eigenvalue weighted by Gasteiger charge is 2.07. The van der Waals surface area contributed by atoms with E-state index in [-0.39, 0.29) is 6.17 Å². The lowest BCUT2D eigenvalue weighted by atomic mass is 10.2. The van der Waals surface area contributed by atoms with E-state index in [4.69, 9.17) is 17.2 Å². The minimum Gasteiger partial charge on any atom is -0.399 e. The Hall–Kier alpha value is -1.26. The average Bonchev–Trinajstić information content (AvgIpc) is 2.17. The van der Waals surface area contributed by atoms with Crippen molar-refractivity contribution in [1.29, 1.82) is 0 Å². The first-order valence-corrected chi connectivity index (χ1v) is 4.19. The Morgan fingerprint density at radius 1 is 1.31 bits per heavy atom. The normalized spacial score (nSPS) is 12.5. The smallest absolute Gasteiger partial charge is 0.0892 e. The zero-order chi connectivity index (χ0) is 9.84. The Kier molecular flexibility index (Phi) is 3.11. The summed E-state index contributed by atoms with van der Waals surface area (Å²) in [7, 11) is 1.91. The topological polar surface area (TPSA) is 81.3 Å². The van der Waals surface area contributed by atoms with Gasteiger partial charge in [-0.1, -0.05) is 0 Å². The Morgan fingerprint density at radius 2 is 1.85 bits per heavy atom. The van der Waals surface area contributed by atoms with Gasteiger partial charge in [0.25, 0.3) is 0 Å². The van der Waals surface area contributed by atoms with Gasteiger partial charge in [0.15, 0.2) is 0 Å². The van der Waals surface area contributed by atoms with E-state index in [0.29, 0.717) is 6.54 Å². The Balaban J connectivity index is 2.77. The van der Waals surface area contributed by atoms with Crippen molar-refractivity contribution in [3.8, 4) is 0 Å². The van der Waals surface area contributed by atoms with Gasteiger partial charge in [-0.05, 0) is 24.3 Å². The molecule has 13 heavy (non-hydrogen) atoms. The maximum Gasteiger partial charge on any atom is 0.0892 e. The first kappa shape index (κ1) is 9.83. The summed E-state index contributed by atoms with van der Waals surface area (Å²) in [6, 6.07) is 7.53. The van der Waals surface area contributed by atoms with Gasteiger partial charge in [-0.2, -0.15) is 0 Å². The Labute approximate surface area is 78.3 Å². The van der Waals surface area contributed by atoms with Crippen molar-refractivity contribution in [3.05, 3.63) is 24.3 Å². The highest BCUT2D eigenvalue weighted by molar-refractivity contribution is 5.53. The maximum absolute atomic E-state index is 5.76. The van der Waals surface area contributed by atoms with Crippen LogP contribution in [0.4, 0.5) is 11.4 Å². The molecular weight excluding hydrogens is 164 g/mol. The number of rotatable bonds is 3. The second kappa shape index (κ2) is 4.11. The van der Waals surface area contributed by atoms with Crippen LogP contribution in [0.5, 0.6) is 0 Å². The molecule has 0 spiro atoms. The number of hydrogen-bond donors (Lipinski definition) is 3. The number of anilines is 2. The molecule has 4 heteroatoms. The molecule has 0 heterocycles. The highest BCUT2D eigenvalue weighted by Crippen LogP contribution is 2.15. The molecule has 0 saturated carbocycles. The van der Waals surface area contributed by atoms with Crippen molar-refractivity contribution < 1.29 is 0 Å². The number of hydrogen-bond acceptors (Lipinski definition) is 4. The third kappa shape index (κ3) is 2.34. The van der Waals surface area contributed by atoms with Crippen molar-refractivity contribution in [2.24, 2.45) is 11.5 Å². The molecule has 0 bridgehead atoms. The Morgan fingerprint density at radius 3 is 2.31 bits per heavy atom. The molecule has 0 saturated heterocycles. The summed E-state index contributed by atoms with van der Waals surface area (Å²) >= 11 is 0. The molecule has 4 nitrogen and oxygen atoms in total. The number of nitrogen functional groups attached to an aromatic ring is 1. The van der Waals surface area contributed by atoms with E-state index in [1.165, 1.54) is 0 Å². The first-order valence-electron chi connectivity index (χ1n) is 4.19. The Bertz CT molecular complexity index is 257. The van der Waals surface area contributed by atoms with Gasteiger partial charge in [-0.15, -0.1) is 0 Å². The van der Waals surface area contributed by atoms with Gasteiger partial charge in [0, 0.05) is 25.0 Å². The van der Waals surface area contributed by atoms with Crippen LogP contribution in [-0.4, -0.2) is 19.8 Å². The van der Waals surface area contributed by atoms with Gasteiger partial charge in [0.05, 0.1) is 6.17 Å². The van der Waals surface area contributed by atoms with Gasteiger partial charge in [-0.3, -0.25) is 0 Å². The van der Waals surface area contributed by atoms with Crippen molar-refractivity contribution >= 4 is 11.4 Å². The molecule has 1 aromatic rings. The maximum atomic E-state index is 5.76. The molecule has 0 aliphatic carbocycles. The fourth-order valence-electron chi connectivity index (χ4n) is 1.06. The fraction of sp³-hybridized carbons (Fsp3) is 0.333. The highest BCUT2D eigenvalue weighted by atomic mass is 15.2. The van der Waals surface area contributed by atoms with E-state index in [0.717, 1.165) is 11.4 Å². The molecular formula is C9H16N4. The van der Waals surface area contributed by atoms with E-state index in [1.54, 1.807) is 0 Å². The van der Waals surface area contributed by atoms with Gasteiger partial charge in [0.2, 0.25) is 0 Å². The van der Waals surface area contributed by atoms with Gasteiger partial charge in [-0.25, -0.2) is 0 Å². The minimum atomic E-state index is -0.149. The zero-order valence-electron chi connectivity index (χ0n) is 7.77. The van der Waals surface area contributed by atoms with Crippen molar-refractivity contribution in [2.75, 3.05) is 24.2 Å². The van der Waals surface area contributed by atoms with Gasteiger partial charge in [0.1, 0.15) is 0 Å². The summed E-state index contributed by atoms with van der Waals surface area (Å²) in [5.41, 5.74) is 18.5. The van der Waals surface area contributed by atoms with Crippen molar-refractivity contribution in [2.45, 2.75) is 6.17 Å². The summed E-state index contributed by atoms with van der Waals surface area (Å²) in [5.74, 6) is 0. The van der Waals surface area contributed by atoms with Gasteiger partial charge >= 0.3 is 0 Å². The van der Waals surface area contributed by atoms with Gasteiger partial charge < -0.3 is 22.1 Å². The molecule has 0 radical (unpaired) electrons. The molecule has 1 atom stereocenters. The number of benzene rings is 1. The molecule has 0 aliphatic heterocycles. The fourth-order valence-corrected chi connectivity index (χ4v) is 1.06. The molecule has 6 N–H and O–H groups in total. The second-order valence-electron chi connectivity index (χ2n) is 3.01. The SMILES string of the molecule is CN(c1ccc(N)cc1)C(N)CN. The lowest BCUT2D eigenvalue weighted by Crippen LogP contribution is -2.44. The molecule has 72 valence electrons. The zero-order valence-corrected chi connectivity index (χ0v) is 7.77. The van der Waals surface area contributed by atoms with Crippen LogP contribution in [-0.2, 0) is 0 Å². The lowest BCUT2D eigenvalue weighted by molar-refractivity contribution is 0.666. The lowest BCUT2D eigenvalue weighted by Gasteiger charge is -2.25. The third-order valence-corrected chi connectivity index (χ3v) is 2.04. The van der Waals surface area contributed by atoms with Crippen LogP contribution in [0, 0.1) is 0 Å². The van der Waals surface area contributed by atoms with E-state index in [2.05, 4.69) is 0 Å². The average molecular weight is 180 g/mol. The molecule has 0 aliphatic rings. The van der Waals surface area contributed by atoms with Crippen LogP contribution in [0.25, 0.3) is 0 Å². The summed E-state index contributed by atoms with van der Waals surface area (Å²) < 4.78 is 0. The van der Waals surface area contributed by atoms with Crippen LogP contribution in [0.15, 0.2) is 24.3 Å². The molecule has 0 amide bonds. The van der Waals surface area contributed by atoms with Crippen molar-refractivity contribution in [3.63, 3.8) is 0 Å². The van der Waals surface area contributed by atoms with E-state index >= 15 is 0 Å². The van der Waals surface area contributed by atoms with Crippen molar-refractivity contribution in [1.82, 2.24) is 0 Å². The molecule has 1 aromatic carbocycles. The quantitative estimate of drug-likeness (QED) is 0.450. The van der Waals surface area contributed by atoms with E-state index < -0.39 is 0 Å². The van der Waals surface area contributed by atoms with Crippen LogP contribution < -0.4 is 22.1 Å². The van der Waals surface area contributed by atoms with Crippen LogP contribution in [0.2, 0.25) is 0 Å². The number of nitrogens with two attached hydrogens (primary N) is 3. The number of likely N-dealkylation sites (N-methyl/N-ethyl adjacent to an activating group) is 1. The predicted molar refractivity (Wildman–Crippen MR) is 56.3 cm³/mol. The summed E-state index contributed by atoms with van der Waals surface area (Å²) in [5, 5.41) is 0. The molecule has 1 unspecified atom stereocenters. The van der Waals surface area contributed by atoms with E-state index in [9.17, 15) is 0 Å². The standard InChI is InChI=1S/C9H16N4/c1-13(9(12)6-10)8-4-2-7(11)3-5-8/h2-5,9H,6,10-12H2,1H3. The van der Waals surface area contributed by atoms with E-state index in [1.807, 2.05) is 36.2 Å². The van der Waals surface area contributed by atoms with Crippen LogP contribution in [0.3, 0.4) is 0 Å². The monoisotopic (exact) mass is 180 g/mol. The minimum absolute atomic E-state index is 0.149. The first-order chi connectivity index (χ1) is 6.15. The third-order valence-electron chi connectivity index (χ3n) is 2.04.